The first-order valence-corrected chi connectivity index (χ1v) is 19.2. The van der Waals surface area contributed by atoms with Gasteiger partial charge in [-0.1, -0.05) is 35.1 Å². The van der Waals surface area contributed by atoms with Gasteiger partial charge in [-0.15, -0.1) is 0 Å². The number of hydrogen-bond donors (Lipinski definition) is 5. The zero-order valence-corrected chi connectivity index (χ0v) is 32.5. The molecule has 0 aromatic heterocycles. The molecule has 1 aliphatic heterocycles. The number of aliphatic hydroxyl groups is 3. The van der Waals surface area contributed by atoms with Crippen molar-refractivity contribution < 1.29 is 68.0 Å². The first kappa shape index (κ1) is 45.7. The van der Waals surface area contributed by atoms with E-state index in [9.17, 15) is 39.6 Å². The minimum absolute atomic E-state index is 0.0377. The van der Waals surface area contributed by atoms with Crippen molar-refractivity contribution in [3.8, 4) is 5.75 Å². The van der Waals surface area contributed by atoms with Gasteiger partial charge in [-0.2, -0.15) is 0 Å². The van der Waals surface area contributed by atoms with Crippen molar-refractivity contribution in [2.75, 3.05) is 50.6 Å². The Morgan fingerprint density at radius 3 is 2.10 bits per heavy atom. The minimum atomic E-state index is -1.86. The van der Waals surface area contributed by atoms with Crippen LogP contribution in [-0.2, 0) is 55.9 Å². The number of carbonyl (C=O) groups excluding carboxylic acids is 3. The van der Waals surface area contributed by atoms with Gasteiger partial charge in [-0.25, -0.2) is 4.79 Å². The smallest absolute Gasteiger partial charge is 0.335 e. The molecule has 296 valence electrons. The molecule has 2 rings (SSSR count). The Balaban J connectivity index is 1.66. The lowest BCUT2D eigenvalue weighted by Gasteiger charge is -2.38. The van der Waals surface area contributed by atoms with E-state index < -0.39 is 48.1 Å². The Morgan fingerprint density at radius 2 is 1.46 bits per heavy atom. The fourth-order valence-corrected chi connectivity index (χ4v) is 5.24. The second kappa shape index (κ2) is 24.8. The van der Waals surface area contributed by atoms with Crippen molar-refractivity contribution in [3.05, 3.63) is 29.3 Å². The first-order valence-electron chi connectivity index (χ1n) is 17.7. The van der Waals surface area contributed by atoms with Crippen molar-refractivity contribution in [2.45, 2.75) is 109 Å². The van der Waals surface area contributed by atoms with Crippen LogP contribution in [-0.4, -0.2) is 125 Å². The van der Waals surface area contributed by atoms with Crippen molar-refractivity contribution in [3.63, 3.8) is 0 Å². The number of nitrogens with one attached hydrogen (secondary N) is 1. The molecular weight excluding hydrogens is 797 g/mol. The summed E-state index contributed by atoms with van der Waals surface area (Å²) < 4.78 is 33.7. The molecule has 1 aromatic rings. The topological polar surface area (TPSA) is 217 Å². The van der Waals surface area contributed by atoms with Crippen LogP contribution in [0.25, 0.3) is 0 Å². The van der Waals surface area contributed by atoms with E-state index >= 15 is 0 Å². The van der Waals surface area contributed by atoms with Crippen LogP contribution in [0.3, 0.4) is 0 Å². The van der Waals surface area contributed by atoms with Crippen molar-refractivity contribution in [2.24, 2.45) is 5.41 Å². The third-order valence-corrected chi connectivity index (χ3v) is 8.66. The molecule has 15 nitrogen and oxygen atoms in total. The highest BCUT2D eigenvalue weighted by atomic mass is 127. The lowest BCUT2D eigenvalue weighted by atomic mass is 9.97. The fourth-order valence-electron chi connectivity index (χ4n) is 4.97. The average Bonchev–Trinajstić information content (AvgIpc) is 3.10. The maximum Gasteiger partial charge on any atom is 0.335 e. The number of carboxylic acid groups (broad SMARTS) is 1. The number of ether oxygens (including phenoxy) is 6. The lowest BCUT2D eigenvalue weighted by Crippen LogP contribution is -2.61. The molecule has 0 spiro atoms. The van der Waals surface area contributed by atoms with Gasteiger partial charge in [0.2, 0.25) is 12.2 Å². The van der Waals surface area contributed by atoms with Gasteiger partial charge in [-0.05, 0) is 70.6 Å². The lowest BCUT2D eigenvalue weighted by molar-refractivity contribution is -0.271. The Labute approximate surface area is 319 Å². The number of carboxylic acids is 1. The average molecular weight is 854 g/mol. The number of aryl methyl sites for hydroxylation is 1. The second-order valence-electron chi connectivity index (χ2n) is 13.5. The van der Waals surface area contributed by atoms with E-state index in [2.05, 4.69) is 5.32 Å². The van der Waals surface area contributed by atoms with Gasteiger partial charge in [0.1, 0.15) is 36.5 Å². The summed E-state index contributed by atoms with van der Waals surface area (Å²) in [6.07, 6.45) is -3.22. The van der Waals surface area contributed by atoms with Gasteiger partial charge in [0.15, 0.2) is 6.10 Å². The number of ketones is 1. The van der Waals surface area contributed by atoms with Crippen LogP contribution < -0.4 is 10.1 Å². The fraction of sp³-hybridized carbons (Fsp3) is 0.722. The molecule has 1 aliphatic rings. The first-order chi connectivity index (χ1) is 24.7. The van der Waals surface area contributed by atoms with Crippen molar-refractivity contribution in [1.29, 1.82) is 0 Å². The van der Waals surface area contributed by atoms with Crippen LogP contribution in [0, 0.1) is 5.41 Å². The molecule has 5 atom stereocenters. The number of benzene rings is 1. The van der Waals surface area contributed by atoms with Gasteiger partial charge >= 0.3 is 11.9 Å². The van der Waals surface area contributed by atoms with Gasteiger partial charge in [0, 0.05) is 38.2 Å². The second-order valence-corrected chi connectivity index (χ2v) is 14.3. The van der Waals surface area contributed by atoms with Crippen LogP contribution in [0.2, 0.25) is 0 Å². The van der Waals surface area contributed by atoms with Crippen LogP contribution in [0.5, 0.6) is 5.75 Å². The summed E-state index contributed by atoms with van der Waals surface area (Å²) in [4.78, 5) is 47.1. The summed E-state index contributed by atoms with van der Waals surface area (Å²) in [5, 5.41) is 42.7. The molecule has 1 fully saturated rings. The number of carbonyl (C=O) groups is 4. The zero-order valence-electron chi connectivity index (χ0n) is 30.4. The van der Waals surface area contributed by atoms with E-state index in [1.54, 1.807) is 39.0 Å². The predicted molar refractivity (Wildman–Crippen MR) is 196 cm³/mol. The van der Waals surface area contributed by atoms with E-state index in [0.29, 0.717) is 88.3 Å². The number of esters is 1. The largest absolute Gasteiger partial charge is 0.479 e. The highest BCUT2D eigenvalue weighted by Gasteiger charge is 2.48. The Bertz CT molecular complexity index is 1240. The van der Waals surface area contributed by atoms with Gasteiger partial charge < -0.3 is 54.2 Å². The molecule has 1 aromatic carbocycles. The summed E-state index contributed by atoms with van der Waals surface area (Å²) in [6.45, 7) is 8.24. The Kier molecular flexibility index (Phi) is 21.8. The molecular formula is C36H56INO14. The molecule has 0 aliphatic carbocycles. The maximum atomic E-state index is 12.5. The molecule has 1 heterocycles. The third-order valence-electron chi connectivity index (χ3n) is 7.97. The summed E-state index contributed by atoms with van der Waals surface area (Å²) in [6, 6.07) is 5.10. The summed E-state index contributed by atoms with van der Waals surface area (Å²) >= 11 is 2.02. The number of Topliss-reactive ketones (excluding diaryl/α,β-unsaturated/α-hetero) is 1. The highest BCUT2D eigenvalue weighted by molar-refractivity contribution is 14.1. The molecule has 1 amide bonds. The molecule has 16 heteroatoms. The Morgan fingerprint density at radius 1 is 0.827 bits per heavy atom. The SMILES string of the molecule is CC(C)(C)C(=O)OCc1cc(CCCOCCOCCOCCCC(=O)CCCCCNC(=O)CI)ccc1O[C@@H]1O[C@H](C(=O)O)[C@@H](O)[C@H](O)[C@H]1O. The van der Waals surface area contributed by atoms with Gasteiger partial charge in [0.25, 0.3) is 0 Å². The number of rotatable bonds is 26. The predicted octanol–water partition coefficient (Wildman–Crippen LogP) is 2.49. The number of aliphatic carboxylic acids is 1. The molecule has 0 bridgehead atoms. The monoisotopic (exact) mass is 853 g/mol. The van der Waals surface area contributed by atoms with Crippen LogP contribution in [0.15, 0.2) is 18.2 Å². The van der Waals surface area contributed by atoms with E-state index in [0.717, 1.165) is 24.8 Å². The van der Waals surface area contributed by atoms with Crippen LogP contribution >= 0.6 is 22.6 Å². The molecule has 0 unspecified atom stereocenters. The molecule has 52 heavy (non-hydrogen) atoms. The minimum Gasteiger partial charge on any atom is -0.479 e. The number of halogens is 1. The van der Waals surface area contributed by atoms with Gasteiger partial charge in [-0.3, -0.25) is 14.4 Å². The molecule has 0 saturated carbocycles. The third kappa shape index (κ3) is 17.6. The van der Waals surface area contributed by atoms with Crippen molar-refractivity contribution >= 4 is 46.2 Å². The van der Waals surface area contributed by atoms with Crippen LogP contribution in [0.4, 0.5) is 0 Å². The standard InChI is InChI=1S/C36H56INO14/c1-36(2,3)35(46)50-23-25-21-24(12-13-27(25)51-34-31(43)29(41)30(42)32(52-34)33(44)45)9-7-15-47-17-19-49-20-18-48-16-8-11-26(39)10-5-4-6-14-38-28(40)22-37/h12-13,21,29-32,34,41-43H,4-11,14-20,22-23H2,1-3H3,(H,38,40)(H,44,45)/t29-,30-,31+,32-,34+/m0/s1. The zero-order chi connectivity index (χ0) is 38.5. The number of aliphatic hydroxyl groups excluding tert-OH is 3. The summed E-state index contributed by atoms with van der Waals surface area (Å²) in [5.41, 5.74) is 0.553. The van der Waals surface area contributed by atoms with Crippen LogP contribution in [0.1, 0.15) is 76.8 Å². The maximum absolute atomic E-state index is 12.5. The summed E-state index contributed by atoms with van der Waals surface area (Å²) in [7, 11) is 0. The number of unbranched alkanes of at least 4 members (excludes halogenated alkanes) is 2. The molecule has 1 saturated heterocycles. The van der Waals surface area contributed by atoms with E-state index in [1.807, 2.05) is 22.6 Å². The van der Waals surface area contributed by atoms with Gasteiger partial charge in [0.05, 0.1) is 36.3 Å². The highest BCUT2D eigenvalue weighted by Crippen LogP contribution is 2.29. The summed E-state index contributed by atoms with van der Waals surface area (Å²) in [5.74, 6) is -1.57. The molecule has 5 N–H and O–H groups in total. The van der Waals surface area contributed by atoms with Crippen molar-refractivity contribution in [1.82, 2.24) is 5.32 Å². The molecule has 0 radical (unpaired) electrons. The van der Waals surface area contributed by atoms with E-state index in [-0.39, 0.29) is 24.0 Å². The van der Waals surface area contributed by atoms with E-state index in [1.165, 1.54) is 0 Å². The quantitative estimate of drug-likeness (QED) is 0.0392. The Hall–Kier alpha value is -2.45. The number of alkyl halides is 1. The normalized spacial score (nSPS) is 20.3. The van der Waals surface area contributed by atoms with E-state index in [4.69, 9.17) is 28.4 Å². The number of amides is 1. The number of hydrogen-bond acceptors (Lipinski definition) is 13.